The first-order chi connectivity index (χ1) is 14.5. The second kappa shape index (κ2) is 48.1. The Morgan fingerprint density at radius 1 is 0.548 bits per heavy atom. The monoisotopic (exact) mass is 481 g/mol. The molecule has 31 heavy (non-hydrogen) atoms. The number of rotatable bonds is 17. The van der Waals surface area contributed by atoms with E-state index in [1.165, 1.54) is 103 Å². The third kappa shape index (κ3) is 72.4. The molecular formula is C27H61O3Ti-. The van der Waals surface area contributed by atoms with Gasteiger partial charge in [0.2, 0.25) is 0 Å². The second-order valence-electron chi connectivity index (χ2n) is 8.07. The zero-order chi connectivity index (χ0) is 23.7. The van der Waals surface area contributed by atoms with Gasteiger partial charge in [0, 0.05) is 34.9 Å². The van der Waals surface area contributed by atoms with Crippen LogP contribution in [0.2, 0.25) is 0 Å². The van der Waals surface area contributed by atoms with Crippen LogP contribution >= 0.6 is 0 Å². The largest absolute Gasteiger partial charge is 0.397 e. The van der Waals surface area contributed by atoms with Gasteiger partial charge in [-0.25, -0.2) is 0 Å². The quantitative estimate of drug-likeness (QED) is 0.111. The van der Waals surface area contributed by atoms with Crippen LogP contribution < -0.4 is 0 Å². The van der Waals surface area contributed by atoms with E-state index in [1.54, 1.807) is 13.8 Å². The Bertz CT molecular complexity index is 219. The number of hydrogen-bond acceptors (Lipinski definition) is 3. The summed E-state index contributed by atoms with van der Waals surface area (Å²) in [6, 6.07) is 0. The molecule has 0 amide bonds. The molecule has 0 radical (unpaired) electrons. The van der Waals surface area contributed by atoms with Gasteiger partial charge in [-0.2, -0.15) is 6.42 Å². The zero-order valence-electron chi connectivity index (χ0n) is 22.3. The molecule has 0 aromatic heterocycles. The average Bonchev–Trinajstić information content (AvgIpc) is 2.71. The molecular weight excluding hydrogens is 420 g/mol. The van der Waals surface area contributed by atoms with E-state index in [0.29, 0.717) is 0 Å². The molecule has 4 heteroatoms. The number of hydrogen-bond donors (Lipinski definition) is 3. The van der Waals surface area contributed by atoms with E-state index >= 15 is 0 Å². The maximum absolute atomic E-state index is 9.10. The predicted molar refractivity (Wildman–Crippen MR) is 137 cm³/mol. The summed E-state index contributed by atoms with van der Waals surface area (Å²) < 4.78 is 0. The molecule has 0 rings (SSSR count). The predicted octanol–water partition coefficient (Wildman–Crippen LogP) is 8.24. The molecule has 0 heterocycles. The fourth-order valence-electron chi connectivity index (χ4n) is 2.88. The summed E-state index contributed by atoms with van der Waals surface area (Å²) in [5.74, 6) is 0. The molecule has 1 atom stereocenters. The van der Waals surface area contributed by atoms with Crippen molar-refractivity contribution in [2.75, 3.05) is 13.2 Å². The molecule has 3 N–H and O–H groups in total. The first kappa shape index (κ1) is 41.8. The van der Waals surface area contributed by atoms with Gasteiger partial charge in [-0.05, 0) is 27.2 Å². The topological polar surface area (TPSA) is 60.7 Å². The summed E-state index contributed by atoms with van der Waals surface area (Å²) in [6.45, 7) is 14.0. The molecule has 0 aliphatic carbocycles. The molecule has 192 valence electrons. The maximum atomic E-state index is 9.10. The zero-order valence-corrected chi connectivity index (χ0v) is 23.8. The third-order valence-electron chi connectivity index (χ3n) is 4.58. The minimum Gasteiger partial charge on any atom is -0.397 e. The summed E-state index contributed by atoms with van der Waals surface area (Å²) in [6.07, 6.45) is 24.1. The Labute approximate surface area is 213 Å². The van der Waals surface area contributed by atoms with Crippen LogP contribution in [0.3, 0.4) is 0 Å². The van der Waals surface area contributed by atoms with Gasteiger partial charge in [0.15, 0.2) is 0 Å². The normalized spacial score (nSPS) is 10.4. The second-order valence-corrected chi connectivity index (χ2v) is 8.07. The van der Waals surface area contributed by atoms with E-state index in [0.717, 1.165) is 12.8 Å². The maximum Gasteiger partial charge on any atom is 0.0512 e. The number of unbranched alkanes of at least 4 members (excludes halogenated alkanes) is 15. The molecule has 0 aliphatic rings. The first-order valence-electron chi connectivity index (χ1n) is 13.2. The van der Waals surface area contributed by atoms with Gasteiger partial charge >= 0.3 is 0 Å². The van der Waals surface area contributed by atoms with Crippen LogP contribution in [0, 0.1) is 6.92 Å². The molecule has 0 saturated heterocycles. The third-order valence-corrected chi connectivity index (χ3v) is 4.58. The Hall–Kier alpha value is 0.594. The van der Waals surface area contributed by atoms with Gasteiger partial charge in [0.25, 0.3) is 0 Å². The molecule has 3 nitrogen and oxygen atoms in total. The average molecular weight is 482 g/mol. The van der Waals surface area contributed by atoms with E-state index < -0.39 is 0 Å². The number of aliphatic hydroxyl groups excluding tert-OH is 3. The van der Waals surface area contributed by atoms with Crippen LogP contribution in [0.1, 0.15) is 150 Å². The van der Waals surface area contributed by atoms with Crippen LogP contribution in [-0.4, -0.2) is 34.6 Å². The molecule has 0 aliphatic heterocycles. The van der Waals surface area contributed by atoms with E-state index in [1.807, 2.05) is 6.92 Å². The smallest absolute Gasteiger partial charge is 0.0512 e. The molecule has 0 fully saturated rings. The van der Waals surface area contributed by atoms with Crippen LogP contribution in [0.4, 0.5) is 0 Å². The van der Waals surface area contributed by atoms with Crippen molar-refractivity contribution in [1.82, 2.24) is 0 Å². The number of aliphatic hydroxyl groups is 3. The summed E-state index contributed by atoms with van der Waals surface area (Å²) >= 11 is 0. The van der Waals surface area contributed by atoms with Crippen molar-refractivity contribution in [3.8, 4) is 0 Å². The molecule has 0 aromatic rings. The Morgan fingerprint density at radius 3 is 1.06 bits per heavy atom. The van der Waals surface area contributed by atoms with Crippen molar-refractivity contribution in [2.45, 2.75) is 156 Å². The van der Waals surface area contributed by atoms with Crippen molar-refractivity contribution in [3.05, 3.63) is 6.92 Å². The van der Waals surface area contributed by atoms with Gasteiger partial charge in [-0.1, -0.05) is 117 Å². The SMILES string of the molecule is CCCCCCCCCCCCCC(C)O.CCO.CCO.[CH2-]CCCCCCC.[Ti]. The van der Waals surface area contributed by atoms with Gasteiger partial charge in [-0.15, -0.1) is 0 Å². The van der Waals surface area contributed by atoms with Crippen molar-refractivity contribution in [3.63, 3.8) is 0 Å². The van der Waals surface area contributed by atoms with Gasteiger partial charge in [0.1, 0.15) is 0 Å². The molecule has 0 spiro atoms. The summed E-state index contributed by atoms with van der Waals surface area (Å²) in [4.78, 5) is 0. The van der Waals surface area contributed by atoms with Crippen molar-refractivity contribution < 1.29 is 37.0 Å². The van der Waals surface area contributed by atoms with Crippen molar-refractivity contribution in [1.29, 1.82) is 0 Å². The minimum absolute atomic E-state index is 0. The van der Waals surface area contributed by atoms with E-state index in [4.69, 9.17) is 15.3 Å². The molecule has 0 aromatic carbocycles. The molecule has 0 saturated carbocycles. The van der Waals surface area contributed by atoms with Gasteiger partial charge in [-0.3, -0.25) is 0 Å². The van der Waals surface area contributed by atoms with Crippen LogP contribution in [0.15, 0.2) is 0 Å². The van der Waals surface area contributed by atoms with Crippen LogP contribution in [0.5, 0.6) is 0 Å². The minimum atomic E-state index is -0.0986. The standard InChI is InChI=1S/C15H32O.C8H17.2C2H6O.Ti/c1-3-4-5-6-7-8-9-10-11-12-13-14-15(2)16;1-3-5-7-8-6-4-2;2*1-2-3;/h15-16H,3-14H2,1-2H3;1,3-8H2,2H3;2*3H,2H2,1H3;/q;-1;;;. The Balaban J connectivity index is -0.000000125. The van der Waals surface area contributed by atoms with Gasteiger partial charge in [0.05, 0.1) is 6.10 Å². The van der Waals surface area contributed by atoms with Crippen LogP contribution in [-0.2, 0) is 21.7 Å². The summed E-state index contributed by atoms with van der Waals surface area (Å²) in [7, 11) is 0. The summed E-state index contributed by atoms with van der Waals surface area (Å²) in [5.41, 5.74) is 0. The Morgan fingerprint density at radius 2 is 0.806 bits per heavy atom. The van der Waals surface area contributed by atoms with Crippen molar-refractivity contribution >= 4 is 0 Å². The first-order valence-corrected chi connectivity index (χ1v) is 13.2. The van der Waals surface area contributed by atoms with Crippen molar-refractivity contribution in [2.24, 2.45) is 0 Å². The summed E-state index contributed by atoms with van der Waals surface area (Å²) in [5, 5.41) is 24.2. The van der Waals surface area contributed by atoms with Crippen LogP contribution in [0.25, 0.3) is 0 Å². The van der Waals surface area contributed by atoms with Gasteiger partial charge < -0.3 is 22.2 Å². The Kier molecular flexibility index (Phi) is 64.9. The van der Waals surface area contributed by atoms with E-state index in [-0.39, 0.29) is 41.0 Å². The molecule has 0 bridgehead atoms. The van der Waals surface area contributed by atoms with E-state index in [9.17, 15) is 0 Å². The van der Waals surface area contributed by atoms with E-state index in [2.05, 4.69) is 20.8 Å². The fourth-order valence-corrected chi connectivity index (χ4v) is 2.88. The molecule has 1 unspecified atom stereocenters. The fraction of sp³-hybridized carbons (Fsp3) is 0.963.